The molecule has 17 heavy (non-hydrogen) atoms. The van der Waals surface area contributed by atoms with E-state index < -0.39 is 5.97 Å². The Kier molecular flexibility index (Phi) is 4.43. The number of aliphatic carboxylic acids is 1. The third-order valence-electron chi connectivity index (χ3n) is 4.73. The van der Waals surface area contributed by atoms with Gasteiger partial charge in [-0.1, -0.05) is 26.2 Å². The zero-order valence-corrected chi connectivity index (χ0v) is 10.8. The number of carboxylic acids is 1. The molecule has 2 aliphatic carbocycles. The molecule has 0 aromatic rings. The number of carboxylic acid groups (broad SMARTS) is 1. The van der Waals surface area contributed by atoms with Crippen molar-refractivity contribution in [3.8, 4) is 0 Å². The van der Waals surface area contributed by atoms with E-state index in [9.17, 15) is 9.90 Å². The average Bonchev–Trinajstić information content (AvgIpc) is 2.72. The van der Waals surface area contributed by atoms with Gasteiger partial charge >= 0.3 is 5.97 Å². The molecule has 0 bridgehead atoms. The van der Waals surface area contributed by atoms with Crippen LogP contribution in [0.1, 0.15) is 51.9 Å². The molecule has 0 aromatic heterocycles. The smallest absolute Gasteiger partial charge is 0.306 e. The minimum absolute atomic E-state index is 0.104. The number of hydrogen-bond donors (Lipinski definition) is 2. The minimum Gasteiger partial charge on any atom is -0.481 e. The summed E-state index contributed by atoms with van der Waals surface area (Å²) in [6, 6.07) is 0.631. The van der Waals surface area contributed by atoms with Crippen LogP contribution in [-0.2, 0) is 4.79 Å². The fraction of sp³-hybridized carbons (Fsp3) is 0.929. The lowest BCUT2D eigenvalue weighted by Crippen LogP contribution is -2.40. The van der Waals surface area contributed by atoms with Crippen molar-refractivity contribution in [2.45, 2.75) is 57.9 Å². The molecule has 0 heterocycles. The summed E-state index contributed by atoms with van der Waals surface area (Å²) in [6.45, 7) is 3.21. The van der Waals surface area contributed by atoms with Crippen LogP contribution >= 0.6 is 0 Å². The first-order valence-electron chi connectivity index (χ1n) is 7.14. The van der Waals surface area contributed by atoms with Crippen LogP contribution in [0.25, 0.3) is 0 Å². The van der Waals surface area contributed by atoms with Gasteiger partial charge in [0, 0.05) is 6.04 Å². The van der Waals surface area contributed by atoms with Gasteiger partial charge in [0.2, 0.25) is 0 Å². The molecule has 3 heteroatoms. The summed E-state index contributed by atoms with van der Waals surface area (Å²) in [5, 5.41) is 12.8. The molecule has 2 fully saturated rings. The van der Waals surface area contributed by atoms with E-state index in [0.29, 0.717) is 12.0 Å². The maximum Gasteiger partial charge on any atom is 0.306 e. The first kappa shape index (κ1) is 12.9. The molecule has 4 unspecified atom stereocenters. The van der Waals surface area contributed by atoms with Crippen molar-refractivity contribution in [2.75, 3.05) is 6.54 Å². The van der Waals surface area contributed by atoms with Crippen LogP contribution in [0.2, 0.25) is 0 Å². The lowest BCUT2D eigenvalue weighted by molar-refractivity contribution is -0.144. The fourth-order valence-corrected chi connectivity index (χ4v) is 3.53. The van der Waals surface area contributed by atoms with Crippen molar-refractivity contribution in [1.29, 1.82) is 0 Å². The van der Waals surface area contributed by atoms with Gasteiger partial charge < -0.3 is 10.4 Å². The van der Waals surface area contributed by atoms with E-state index >= 15 is 0 Å². The second kappa shape index (κ2) is 5.85. The van der Waals surface area contributed by atoms with Crippen molar-refractivity contribution in [3.63, 3.8) is 0 Å². The van der Waals surface area contributed by atoms with E-state index in [-0.39, 0.29) is 5.92 Å². The summed E-state index contributed by atoms with van der Waals surface area (Å²) in [5.41, 5.74) is 0. The number of carbonyl (C=O) groups is 1. The fourth-order valence-electron chi connectivity index (χ4n) is 3.53. The molecule has 0 aliphatic heterocycles. The number of hydrogen-bond acceptors (Lipinski definition) is 2. The van der Waals surface area contributed by atoms with Crippen LogP contribution in [0.15, 0.2) is 0 Å². The zero-order valence-electron chi connectivity index (χ0n) is 10.8. The van der Waals surface area contributed by atoms with Crippen LogP contribution in [0.5, 0.6) is 0 Å². The SMILES string of the molecule is CC1CCCC1NCC1CCCCC1C(=O)O. The largest absolute Gasteiger partial charge is 0.481 e. The summed E-state index contributed by atoms with van der Waals surface area (Å²) in [7, 11) is 0. The molecule has 0 spiro atoms. The summed E-state index contributed by atoms with van der Waals surface area (Å²) in [5.74, 6) is 0.430. The highest BCUT2D eigenvalue weighted by Crippen LogP contribution is 2.31. The first-order valence-corrected chi connectivity index (χ1v) is 7.14. The standard InChI is InChI=1S/C14H25NO2/c1-10-5-4-8-13(10)15-9-11-6-2-3-7-12(11)14(16)17/h10-13,15H,2-9H2,1H3,(H,16,17). The first-order chi connectivity index (χ1) is 8.18. The number of nitrogens with one attached hydrogen (secondary N) is 1. The van der Waals surface area contributed by atoms with Gasteiger partial charge in [0.25, 0.3) is 0 Å². The van der Waals surface area contributed by atoms with Crippen molar-refractivity contribution < 1.29 is 9.90 Å². The van der Waals surface area contributed by atoms with Gasteiger partial charge in [-0.3, -0.25) is 4.79 Å². The highest BCUT2D eigenvalue weighted by atomic mass is 16.4. The molecule has 0 amide bonds. The molecule has 3 nitrogen and oxygen atoms in total. The average molecular weight is 239 g/mol. The Balaban J connectivity index is 1.81. The third-order valence-corrected chi connectivity index (χ3v) is 4.73. The quantitative estimate of drug-likeness (QED) is 0.793. The van der Waals surface area contributed by atoms with Crippen LogP contribution in [0.4, 0.5) is 0 Å². The Morgan fingerprint density at radius 3 is 2.59 bits per heavy atom. The molecule has 4 atom stereocenters. The Morgan fingerprint density at radius 2 is 1.94 bits per heavy atom. The van der Waals surface area contributed by atoms with E-state index in [0.717, 1.165) is 31.7 Å². The van der Waals surface area contributed by atoms with Crippen LogP contribution in [0.3, 0.4) is 0 Å². The highest BCUT2D eigenvalue weighted by molar-refractivity contribution is 5.70. The van der Waals surface area contributed by atoms with E-state index in [1.165, 1.54) is 25.7 Å². The highest BCUT2D eigenvalue weighted by Gasteiger charge is 2.32. The van der Waals surface area contributed by atoms with E-state index in [2.05, 4.69) is 12.2 Å². The van der Waals surface area contributed by atoms with Gasteiger partial charge in [-0.15, -0.1) is 0 Å². The van der Waals surface area contributed by atoms with Crippen molar-refractivity contribution >= 4 is 5.97 Å². The van der Waals surface area contributed by atoms with Crippen molar-refractivity contribution in [2.24, 2.45) is 17.8 Å². The molecule has 98 valence electrons. The molecular formula is C14H25NO2. The van der Waals surface area contributed by atoms with Crippen LogP contribution < -0.4 is 5.32 Å². The molecule has 0 saturated heterocycles. The lowest BCUT2D eigenvalue weighted by atomic mass is 9.79. The Labute approximate surface area is 104 Å². The zero-order chi connectivity index (χ0) is 12.3. The summed E-state index contributed by atoms with van der Waals surface area (Å²) in [6.07, 6.45) is 8.18. The molecule has 0 aromatic carbocycles. The molecule has 2 saturated carbocycles. The van der Waals surface area contributed by atoms with Crippen molar-refractivity contribution in [1.82, 2.24) is 5.32 Å². The maximum absolute atomic E-state index is 11.2. The van der Waals surface area contributed by atoms with Gasteiger partial charge in [0.05, 0.1) is 5.92 Å². The van der Waals surface area contributed by atoms with E-state index in [1.807, 2.05) is 0 Å². The second-order valence-corrected chi connectivity index (χ2v) is 5.91. The molecule has 2 N–H and O–H groups in total. The Bertz CT molecular complexity index is 267. The topological polar surface area (TPSA) is 49.3 Å². The third kappa shape index (κ3) is 3.21. The van der Waals surface area contributed by atoms with E-state index in [1.54, 1.807) is 0 Å². The minimum atomic E-state index is -0.587. The predicted molar refractivity (Wildman–Crippen MR) is 67.9 cm³/mol. The lowest BCUT2D eigenvalue weighted by Gasteiger charge is -2.30. The van der Waals surface area contributed by atoms with E-state index in [4.69, 9.17) is 0 Å². The van der Waals surface area contributed by atoms with Gasteiger partial charge in [-0.05, 0) is 44.1 Å². The van der Waals surface area contributed by atoms with Gasteiger partial charge in [0.1, 0.15) is 0 Å². The van der Waals surface area contributed by atoms with Crippen molar-refractivity contribution in [3.05, 3.63) is 0 Å². The Hall–Kier alpha value is -0.570. The monoisotopic (exact) mass is 239 g/mol. The van der Waals surface area contributed by atoms with Crippen LogP contribution in [-0.4, -0.2) is 23.7 Å². The summed E-state index contributed by atoms with van der Waals surface area (Å²) >= 11 is 0. The summed E-state index contributed by atoms with van der Waals surface area (Å²) in [4.78, 5) is 11.2. The summed E-state index contributed by atoms with van der Waals surface area (Å²) < 4.78 is 0. The van der Waals surface area contributed by atoms with Crippen LogP contribution in [0, 0.1) is 17.8 Å². The Morgan fingerprint density at radius 1 is 1.18 bits per heavy atom. The normalized spacial score (nSPS) is 38.2. The van der Waals surface area contributed by atoms with Gasteiger partial charge in [-0.2, -0.15) is 0 Å². The van der Waals surface area contributed by atoms with Gasteiger partial charge in [0.15, 0.2) is 0 Å². The molecule has 0 radical (unpaired) electrons. The molecule has 2 rings (SSSR count). The molecule has 2 aliphatic rings. The maximum atomic E-state index is 11.2. The second-order valence-electron chi connectivity index (χ2n) is 5.91. The number of rotatable bonds is 4. The predicted octanol–water partition coefficient (Wildman–Crippen LogP) is 2.66. The molecular weight excluding hydrogens is 214 g/mol. The van der Waals surface area contributed by atoms with Gasteiger partial charge in [-0.25, -0.2) is 0 Å².